The first-order valence-corrected chi connectivity index (χ1v) is 10.5. The number of pyridine rings is 2. The van der Waals surface area contributed by atoms with Crippen LogP contribution < -0.4 is 0 Å². The molecule has 0 aliphatic rings. The number of aromatic nitrogens is 2. The van der Waals surface area contributed by atoms with Gasteiger partial charge in [-0.1, -0.05) is 48.5 Å². The zero-order chi connectivity index (χ0) is 23.8. The van der Waals surface area contributed by atoms with Crippen LogP contribution in [0.25, 0.3) is 33.6 Å². The van der Waals surface area contributed by atoms with Crippen LogP contribution in [-0.4, -0.2) is 9.97 Å². The van der Waals surface area contributed by atoms with E-state index in [1.54, 1.807) is 12.1 Å². The summed E-state index contributed by atoms with van der Waals surface area (Å²) in [6, 6.07) is 36.7. The largest absolute Gasteiger partial charge is 0.381 e. The van der Waals surface area contributed by atoms with Crippen molar-refractivity contribution in [3.8, 4) is 33.6 Å². The second-order valence-electron chi connectivity index (χ2n) is 7.24. The summed E-state index contributed by atoms with van der Waals surface area (Å²) in [4.78, 5) is 8.30. The summed E-state index contributed by atoms with van der Waals surface area (Å²) < 4.78 is 38.1. The fraction of sp³-hybridized carbons (Fsp3) is 0.0345. The Balaban J connectivity index is 0.000000192. The Morgan fingerprint density at radius 3 is 2.00 bits per heavy atom. The van der Waals surface area contributed by atoms with Gasteiger partial charge in [-0.25, -0.2) is 0 Å². The van der Waals surface area contributed by atoms with Crippen LogP contribution in [0.15, 0.2) is 116 Å². The topological polar surface area (TPSA) is 25.8 Å². The SMILES string of the molecule is FC(F)(F)c1ccc[c-]c1-c1ccccn1.[Ir].[c-]1ccccc1-c1cc(-c2ccccc2)ccn1. The second kappa shape index (κ2) is 12.2. The van der Waals surface area contributed by atoms with Crippen LogP contribution in [0.5, 0.6) is 0 Å². The summed E-state index contributed by atoms with van der Waals surface area (Å²) in [7, 11) is 0. The monoisotopic (exact) mass is 645 g/mol. The maximum absolute atomic E-state index is 12.7. The quantitative estimate of drug-likeness (QED) is 0.188. The third-order valence-corrected chi connectivity index (χ3v) is 4.93. The molecule has 35 heavy (non-hydrogen) atoms. The van der Waals surface area contributed by atoms with E-state index < -0.39 is 11.7 Å². The molecular weight excluding hydrogens is 626 g/mol. The summed E-state index contributed by atoms with van der Waals surface area (Å²) in [6.07, 6.45) is -1.08. The van der Waals surface area contributed by atoms with Gasteiger partial charge in [-0.2, -0.15) is 13.2 Å². The molecule has 5 aromatic rings. The van der Waals surface area contributed by atoms with Crippen molar-refractivity contribution in [3.05, 3.63) is 133 Å². The molecule has 2 heterocycles. The summed E-state index contributed by atoms with van der Waals surface area (Å²) in [5, 5.41) is 0. The predicted molar refractivity (Wildman–Crippen MR) is 127 cm³/mol. The normalized spacial score (nSPS) is 10.5. The molecule has 0 aliphatic heterocycles. The van der Waals surface area contributed by atoms with E-state index in [9.17, 15) is 13.2 Å². The molecule has 0 aliphatic carbocycles. The van der Waals surface area contributed by atoms with Crippen molar-refractivity contribution >= 4 is 0 Å². The van der Waals surface area contributed by atoms with Gasteiger partial charge >= 0.3 is 6.18 Å². The van der Waals surface area contributed by atoms with Crippen LogP contribution in [0.2, 0.25) is 0 Å². The molecule has 0 N–H and O–H groups in total. The standard InChI is InChI=1S/C17H12N.C12H7F3N.Ir/c1-3-7-14(8-4-1)16-11-12-18-17(13-16)15-9-5-2-6-10-15;13-12(14,15)10-6-2-1-5-9(10)11-7-3-4-8-16-11;/h1-9,11-13H;1-4,6-8H;/q2*-1;. The van der Waals surface area contributed by atoms with Crippen LogP contribution in [0.3, 0.4) is 0 Å². The number of alkyl halides is 3. The first kappa shape index (κ1) is 26.0. The van der Waals surface area contributed by atoms with Crippen molar-refractivity contribution < 1.29 is 33.3 Å². The molecule has 0 spiro atoms. The summed E-state index contributed by atoms with van der Waals surface area (Å²) in [6.45, 7) is 0. The van der Waals surface area contributed by atoms with Gasteiger partial charge in [-0.05, 0) is 40.2 Å². The van der Waals surface area contributed by atoms with E-state index in [4.69, 9.17) is 0 Å². The van der Waals surface area contributed by atoms with Gasteiger partial charge in [-0.15, -0.1) is 65.7 Å². The predicted octanol–water partition coefficient (Wildman–Crippen LogP) is 7.78. The van der Waals surface area contributed by atoms with E-state index in [0.717, 1.165) is 17.3 Å². The van der Waals surface area contributed by atoms with E-state index in [0.29, 0.717) is 0 Å². The Labute approximate surface area is 215 Å². The fourth-order valence-corrected chi connectivity index (χ4v) is 3.34. The number of hydrogen-bond donors (Lipinski definition) is 0. The number of nitrogens with zero attached hydrogens (tertiary/aromatic N) is 2. The zero-order valence-corrected chi connectivity index (χ0v) is 20.7. The molecule has 0 bridgehead atoms. The van der Waals surface area contributed by atoms with Crippen molar-refractivity contribution in [1.82, 2.24) is 9.97 Å². The zero-order valence-electron chi connectivity index (χ0n) is 18.3. The first-order valence-electron chi connectivity index (χ1n) is 10.5. The molecule has 0 amide bonds. The van der Waals surface area contributed by atoms with Gasteiger partial charge in [0, 0.05) is 32.5 Å². The Bertz CT molecular complexity index is 1270. The maximum atomic E-state index is 12.7. The van der Waals surface area contributed by atoms with E-state index in [-0.39, 0.29) is 31.4 Å². The Morgan fingerprint density at radius 1 is 0.600 bits per heavy atom. The molecular formula is C29H19F3IrN2-2. The minimum Gasteiger partial charge on any atom is -0.305 e. The van der Waals surface area contributed by atoms with Gasteiger partial charge in [0.2, 0.25) is 0 Å². The molecule has 2 aromatic heterocycles. The Morgan fingerprint density at radius 2 is 1.31 bits per heavy atom. The number of hydrogen-bond acceptors (Lipinski definition) is 2. The van der Waals surface area contributed by atoms with Crippen molar-refractivity contribution in [3.63, 3.8) is 0 Å². The molecule has 1 radical (unpaired) electrons. The number of benzene rings is 3. The average Bonchev–Trinajstić information content (AvgIpc) is 2.90. The molecule has 177 valence electrons. The Hall–Kier alpha value is -3.60. The van der Waals surface area contributed by atoms with Gasteiger partial charge < -0.3 is 9.97 Å². The van der Waals surface area contributed by atoms with Crippen LogP contribution in [0.4, 0.5) is 13.2 Å². The molecule has 2 nitrogen and oxygen atoms in total. The van der Waals surface area contributed by atoms with Gasteiger partial charge in [0.15, 0.2) is 0 Å². The molecule has 0 fully saturated rings. The van der Waals surface area contributed by atoms with E-state index >= 15 is 0 Å². The van der Waals surface area contributed by atoms with E-state index in [1.165, 1.54) is 35.5 Å². The average molecular weight is 645 g/mol. The van der Waals surface area contributed by atoms with Crippen LogP contribution >= 0.6 is 0 Å². The van der Waals surface area contributed by atoms with Crippen LogP contribution in [0.1, 0.15) is 5.56 Å². The number of rotatable bonds is 3. The minimum absolute atomic E-state index is 0. The number of halogens is 3. The van der Waals surface area contributed by atoms with Crippen molar-refractivity contribution in [1.29, 1.82) is 0 Å². The smallest absolute Gasteiger partial charge is 0.305 e. The minimum atomic E-state index is -4.38. The Kier molecular flexibility index (Phi) is 9.07. The third-order valence-electron chi connectivity index (χ3n) is 4.93. The van der Waals surface area contributed by atoms with Gasteiger partial charge in [-0.3, -0.25) is 0 Å². The van der Waals surface area contributed by atoms with Crippen molar-refractivity contribution in [2.45, 2.75) is 6.18 Å². The van der Waals surface area contributed by atoms with Crippen LogP contribution in [-0.2, 0) is 26.3 Å². The van der Waals surface area contributed by atoms with Crippen molar-refractivity contribution in [2.75, 3.05) is 0 Å². The van der Waals surface area contributed by atoms with Crippen molar-refractivity contribution in [2.24, 2.45) is 0 Å². The molecule has 0 saturated carbocycles. The molecule has 0 saturated heterocycles. The molecule has 5 rings (SSSR count). The third kappa shape index (κ3) is 6.95. The molecule has 0 atom stereocenters. The second-order valence-corrected chi connectivity index (χ2v) is 7.24. The summed E-state index contributed by atoms with van der Waals surface area (Å²) >= 11 is 0. The molecule has 6 heteroatoms. The summed E-state index contributed by atoms with van der Waals surface area (Å²) in [5.41, 5.74) is 3.90. The van der Waals surface area contributed by atoms with Crippen LogP contribution in [0, 0.1) is 12.1 Å². The van der Waals surface area contributed by atoms with E-state index in [2.05, 4.69) is 40.3 Å². The first-order chi connectivity index (χ1) is 16.5. The van der Waals surface area contributed by atoms with Gasteiger partial charge in [0.05, 0.1) is 0 Å². The van der Waals surface area contributed by atoms with Gasteiger partial charge in [0.25, 0.3) is 0 Å². The van der Waals surface area contributed by atoms with E-state index in [1.807, 2.05) is 54.7 Å². The van der Waals surface area contributed by atoms with Gasteiger partial charge in [0.1, 0.15) is 0 Å². The summed E-state index contributed by atoms with van der Waals surface area (Å²) in [5.74, 6) is 0. The fourth-order valence-electron chi connectivity index (χ4n) is 3.34. The molecule has 0 unspecified atom stereocenters. The molecule has 3 aromatic carbocycles. The maximum Gasteiger partial charge on any atom is 0.381 e.